The standard InChI is InChI=1S/C13H24N4O.ClH/c1-10(9-14-4)13(18)15-6-5-7-17-12(3)8-11(2)16-17;/h8,10,14H,5-7,9H2,1-4H3,(H,15,18);1H. The van der Waals surface area contributed by atoms with Gasteiger partial charge < -0.3 is 10.6 Å². The first-order valence-electron chi connectivity index (χ1n) is 6.48. The van der Waals surface area contributed by atoms with E-state index in [0.29, 0.717) is 13.1 Å². The van der Waals surface area contributed by atoms with Gasteiger partial charge >= 0.3 is 0 Å². The minimum Gasteiger partial charge on any atom is -0.356 e. The molecule has 6 heteroatoms. The fraction of sp³-hybridized carbons (Fsp3) is 0.692. The molecule has 19 heavy (non-hydrogen) atoms. The number of aromatic nitrogens is 2. The first-order chi connectivity index (χ1) is 8.54. The summed E-state index contributed by atoms with van der Waals surface area (Å²) in [6, 6.07) is 2.06. The highest BCUT2D eigenvalue weighted by molar-refractivity contribution is 5.85. The molecule has 0 aliphatic carbocycles. The Labute approximate surface area is 121 Å². The lowest BCUT2D eigenvalue weighted by molar-refractivity contribution is -0.124. The number of aryl methyl sites for hydroxylation is 3. The highest BCUT2D eigenvalue weighted by atomic mass is 35.5. The summed E-state index contributed by atoms with van der Waals surface area (Å²) in [5.41, 5.74) is 2.21. The summed E-state index contributed by atoms with van der Waals surface area (Å²) >= 11 is 0. The predicted octanol–water partition coefficient (Wildman–Crippen LogP) is 1.28. The first-order valence-corrected chi connectivity index (χ1v) is 6.48. The smallest absolute Gasteiger partial charge is 0.224 e. The van der Waals surface area contributed by atoms with Crippen molar-refractivity contribution in [3.8, 4) is 0 Å². The molecule has 1 heterocycles. The zero-order valence-corrected chi connectivity index (χ0v) is 13.0. The van der Waals surface area contributed by atoms with Crippen LogP contribution in [0.5, 0.6) is 0 Å². The van der Waals surface area contributed by atoms with E-state index in [1.807, 2.05) is 32.5 Å². The Hall–Kier alpha value is -1.07. The van der Waals surface area contributed by atoms with Crippen LogP contribution >= 0.6 is 12.4 Å². The predicted molar refractivity (Wildman–Crippen MR) is 79.7 cm³/mol. The quantitative estimate of drug-likeness (QED) is 0.743. The maximum atomic E-state index is 11.6. The van der Waals surface area contributed by atoms with Crippen molar-refractivity contribution >= 4 is 18.3 Å². The molecule has 0 aliphatic heterocycles. The third kappa shape index (κ3) is 6.07. The summed E-state index contributed by atoms with van der Waals surface area (Å²) < 4.78 is 1.98. The molecule has 0 spiro atoms. The molecule has 1 amide bonds. The maximum absolute atomic E-state index is 11.6. The summed E-state index contributed by atoms with van der Waals surface area (Å²) in [5.74, 6) is 0.126. The largest absolute Gasteiger partial charge is 0.356 e. The molecule has 0 fully saturated rings. The molecule has 1 aromatic rings. The first kappa shape index (κ1) is 17.9. The lowest BCUT2D eigenvalue weighted by atomic mass is 10.1. The van der Waals surface area contributed by atoms with Crippen LogP contribution in [-0.2, 0) is 11.3 Å². The fourth-order valence-corrected chi connectivity index (χ4v) is 1.91. The molecule has 1 unspecified atom stereocenters. The number of halogens is 1. The van der Waals surface area contributed by atoms with E-state index in [4.69, 9.17) is 0 Å². The van der Waals surface area contributed by atoms with Crippen LogP contribution in [0, 0.1) is 19.8 Å². The molecule has 0 aromatic carbocycles. The number of carbonyl (C=O) groups is 1. The van der Waals surface area contributed by atoms with Gasteiger partial charge in [-0.05, 0) is 33.4 Å². The topological polar surface area (TPSA) is 59.0 Å². The number of nitrogens with one attached hydrogen (secondary N) is 2. The average Bonchev–Trinajstić information content (AvgIpc) is 2.63. The van der Waals surface area contributed by atoms with Crippen LogP contribution < -0.4 is 10.6 Å². The fourth-order valence-electron chi connectivity index (χ4n) is 1.91. The summed E-state index contributed by atoms with van der Waals surface area (Å²) in [4.78, 5) is 11.6. The summed E-state index contributed by atoms with van der Waals surface area (Å²) in [6.45, 7) is 8.22. The van der Waals surface area contributed by atoms with Crippen molar-refractivity contribution in [3.63, 3.8) is 0 Å². The Balaban J connectivity index is 0.00000324. The summed E-state index contributed by atoms with van der Waals surface area (Å²) in [6.07, 6.45) is 0.903. The van der Waals surface area contributed by atoms with Crippen LogP contribution in [0.4, 0.5) is 0 Å². The second kappa shape index (κ2) is 8.93. The monoisotopic (exact) mass is 288 g/mol. The highest BCUT2D eigenvalue weighted by Crippen LogP contribution is 2.02. The number of rotatable bonds is 7. The third-order valence-electron chi connectivity index (χ3n) is 2.91. The highest BCUT2D eigenvalue weighted by Gasteiger charge is 2.10. The molecule has 2 N–H and O–H groups in total. The third-order valence-corrected chi connectivity index (χ3v) is 2.91. The Kier molecular flexibility index (Phi) is 8.43. The van der Waals surface area contributed by atoms with Gasteiger partial charge in [0.1, 0.15) is 0 Å². The molecule has 0 aliphatic rings. The zero-order chi connectivity index (χ0) is 13.5. The Morgan fingerprint density at radius 1 is 1.47 bits per heavy atom. The van der Waals surface area contributed by atoms with Gasteiger partial charge in [-0.3, -0.25) is 9.48 Å². The normalized spacial score (nSPS) is 11.8. The van der Waals surface area contributed by atoms with Crippen LogP contribution in [-0.4, -0.2) is 35.8 Å². The molecular formula is C13H25ClN4O. The summed E-state index contributed by atoms with van der Waals surface area (Å²) in [5, 5.41) is 10.3. The van der Waals surface area contributed by atoms with Gasteiger partial charge in [-0.15, -0.1) is 12.4 Å². The zero-order valence-electron chi connectivity index (χ0n) is 12.2. The van der Waals surface area contributed by atoms with Gasteiger partial charge in [0.05, 0.1) is 5.69 Å². The van der Waals surface area contributed by atoms with E-state index in [0.717, 1.165) is 18.7 Å². The van der Waals surface area contributed by atoms with Gasteiger partial charge in [-0.1, -0.05) is 6.92 Å². The van der Waals surface area contributed by atoms with Gasteiger partial charge in [0, 0.05) is 31.2 Å². The van der Waals surface area contributed by atoms with Crippen LogP contribution in [0.25, 0.3) is 0 Å². The van der Waals surface area contributed by atoms with Crippen molar-refractivity contribution < 1.29 is 4.79 Å². The summed E-state index contributed by atoms with van der Waals surface area (Å²) in [7, 11) is 1.85. The van der Waals surface area contributed by atoms with Crippen molar-refractivity contribution in [2.45, 2.75) is 33.7 Å². The molecule has 0 saturated heterocycles. The lowest BCUT2D eigenvalue weighted by Gasteiger charge is -2.11. The van der Waals surface area contributed by atoms with Gasteiger partial charge in [0.15, 0.2) is 0 Å². The van der Waals surface area contributed by atoms with Crippen LogP contribution in [0.1, 0.15) is 24.7 Å². The molecule has 1 atom stereocenters. The van der Waals surface area contributed by atoms with Gasteiger partial charge in [-0.2, -0.15) is 5.10 Å². The Morgan fingerprint density at radius 2 is 2.16 bits per heavy atom. The number of carbonyl (C=O) groups excluding carboxylic acids is 1. The maximum Gasteiger partial charge on any atom is 0.224 e. The van der Waals surface area contributed by atoms with E-state index in [2.05, 4.69) is 21.8 Å². The van der Waals surface area contributed by atoms with Crippen molar-refractivity contribution in [2.75, 3.05) is 20.1 Å². The minimum absolute atomic E-state index is 0. The second-order valence-corrected chi connectivity index (χ2v) is 4.75. The Morgan fingerprint density at radius 3 is 2.68 bits per heavy atom. The van der Waals surface area contributed by atoms with Crippen LogP contribution in [0.2, 0.25) is 0 Å². The SMILES string of the molecule is CNCC(C)C(=O)NCCCn1nc(C)cc1C.Cl. The lowest BCUT2D eigenvalue weighted by Crippen LogP contribution is -2.35. The number of amides is 1. The number of nitrogens with zero attached hydrogens (tertiary/aromatic N) is 2. The van der Waals surface area contributed by atoms with Crippen LogP contribution in [0.15, 0.2) is 6.07 Å². The van der Waals surface area contributed by atoms with Crippen molar-refractivity contribution in [1.82, 2.24) is 20.4 Å². The molecule has 0 saturated carbocycles. The molecular weight excluding hydrogens is 264 g/mol. The van der Waals surface area contributed by atoms with E-state index in [-0.39, 0.29) is 24.2 Å². The van der Waals surface area contributed by atoms with Gasteiger partial charge in [0.25, 0.3) is 0 Å². The molecule has 1 rings (SSSR count). The van der Waals surface area contributed by atoms with E-state index in [9.17, 15) is 4.79 Å². The van der Waals surface area contributed by atoms with Crippen molar-refractivity contribution in [3.05, 3.63) is 17.5 Å². The van der Waals surface area contributed by atoms with E-state index < -0.39 is 0 Å². The average molecular weight is 289 g/mol. The van der Waals surface area contributed by atoms with Crippen molar-refractivity contribution in [2.24, 2.45) is 5.92 Å². The second-order valence-electron chi connectivity index (χ2n) is 4.75. The number of hydrogen-bond acceptors (Lipinski definition) is 3. The van der Waals surface area contributed by atoms with Gasteiger partial charge in [-0.25, -0.2) is 0 Å². The van der Waals surface area contributed by atoms with Gasteiger partial charge in [0.2, 0.25) is 5.91 Å². The van der Waals surface area contributed by atoms with E-state index in [1.165, 1.54) is 5.69 Å². The van der Waals surface area contributed by atoms with Crippen LogP contribution in [0.3, 0.4) is 0 Å². The van der Waals surface area contributed by atoms with E-state index in [1.54, 1.807) is 0 Å². The molecule has 1 aromatic heterocycles. The Bertz CT molecular complexity index is 392. The molecule has 0 bridgehead atoms. The molecule has 5 nitrogen and oxygen atoms in total. The van der Waals surface area contributed by atoms with Crippen molar-refractivity contribution in [1.29, 1.82) is 0 Å². The molecule has 110 valence electrons. The minimum atomic E-state index is 0. The number of hydrogen-bond donors (Lipinski definition) is 2. The van der Waals surface area contributed by atoms with E-state index >= 15 is 0 Å². The molecule has 0 radical (unpaired) electrons.